The number of nitrogens with zero attached hydrogens (tertiary/aromatic N) is 2. The molecule has 0 aliphatic rings. The molecule has 0 saturated heterocycles. The molecule has 1 aromatic carbocycles. The maximum absolute atomic E-state index is 12.9. The van der Waals surface area contributed by atoms with E-state index >= 15 is 0 Å². The van der Waals surface area contributed by atoms with Crippen LogP contribution >= 0.6 is 0 Å². The zero-order chi connectivity index (χ0) is 13.8. The summed E-state index contributed by atoms with van der Waals surface area (Å²) in [4.78, 5) is 11.4. The third-order valence-corrected chi connectivity index (χ3v) is 2.90. The summed E-state index contributed by atoms with van der Waals surface area (Å²) in [5, 5.41) is 4.36. The standard InChI is InChI=1S/C14H16FN3O/c1-2-3-8-18-13(14(16)19)9-12(17-18)10-4-6-11(15)7-5-10/h4-7,9H,2-3,8H2,1H3,(H2,16,19). The van der Waals surface area contributed by atoms with E-state index in [0.29, 0.717) is 17.9 Å². The van der Waals surface area contributed by atoms with Gasteiger partial charge in [-0.05, 0) is 36.8 Å². The molecule has 19 heavy (non-hydrogen) atoms. The topological polar surface area (TPSA) is 60.9 Å². The minimum absolute atomic E-state index is 0.302. The molecule has 0 radical (unpaired) electrons. The lowest BCUT2D eigenvalue weighted by Gasteiger charge is -2.02. The highest BCUT2D eigenvalue weighted by Gasteiger charge is 2.13. The Balaban J connectivity index is 2.36. The zero-order valence-electron chi connectivity index (χ0n) is 10.8. The van der Waals surface area contributed by atoms with Gasteiger partial charge in [-0.15, -0.1) is 0 Å². The molecule has 1 amide bonds. The number of carbonyl (C=O) groups excluding carboxylic acids is 1. The second-order valence-electron chi connectivity index (χ2n) is 4.36. The molecule has 0 fully saturated rings. The number of benzene rings is 1. The largest absolute Gasteiger partial charge is 0.364 e. The quantitative estimate of drug-likeness (QED) is 0.899. The van der Waals surface area contributed by atoms with E-state index in [0.717, 1.165) is 18.4 Å². The van der Waals surface area contributed by atoms with Gasteiger partial charge < -0.3 is 5.73 Å². The third-order valence-electron chi connectivity index (χ3n) is 2.90. The van der Waals surface area contributed by atoms with Gasteiger partial charge in [0.15, 0.2) is 0 Å². The van der Waals surface area contributed by atoms with E-state index in [2.05, 4.69) is 12.0 Å². The van der Waals surface area contributed by atoms with Crippen LogP contribution in [0.2, 0.25) is 0 Å². The van der Waals surface area contributed by atoms with Crippen LogP contribution in [0, 0.1) is 5.82 Å². The summed E-state index contributed by atoms with van der Waals surface area (Å²) in [6.07, 6.45) is 1.93. The van der Waals surface area contributed by atoms with Crippen molar-refractivity contribution >= 4 is 5.91 Å². The van der Waals surface area contributed by atoms with Crippen LogP contribution in [0.1, 0.15) is 30.3 Å². The third kappa shape index (κ3) is 2.99. The van der Waals surface area contributed by atoms with Gasteiger partial charge in [0.2, 0.25) is 0 Å². The van der Waals surface area contributed by atoms with Crippen molar-refractivity contribution in [1.82, 2.24) is 9.78 Å². The molecule has 100 valence electrons. The summed E-state index contributed by atoms with van der Waals surface area (Å²) in [6.45, 7) is 2.71. The molecular weight excluding hydrogens is 245 g/mol. The van der Waals surface area contributed by atoms with E-state index in [1.165, 1.54) is 12.1 Å². The Hall–Kier alpha value is -2.17. The maximum atomic E-state index is 12.9. The van der Waals surface area contributed by atoms with Crippen LogP contribution in [-0.4, -0.2) is 15.7 Å². The van der Waals surface area contributed by atoms with Gasteiger partial charge in [0.1, 0.15) is 11.5 Å². The van der Waals surface area contributed by atoms with E-state index in [4.69, 9.17) is 5.73 Å². The fourth-order valence-corrected chi connectivity index (χ4v) is 1.86. The summed E-state index contributed by atoms with van der Waals surface area (Å²) in [5.74, 6) is -0.804. The molecule has 0 aliphatic carbocycles. The molecule has 0 unspecified atom stereocenters. The number of aromatic nitrogens is 2. The number of hydrogen-bond acceptors (Lipinski definition) is 2. The van der Waals surface area contributed by atoms with Gasteiger partial charge in [-0.2, -0.15) is 5.10 Å². The molecule has 0 saturated carbocycles. The molecule has 1 heterocycles. The fourth-order valence-electron chi connectivity index (χ4n) is 1.86. The Morgan fingerprint density at radius 3 is 2.63 bits per heavy atom. The van der Waals surface area contributed by atoms with Crippen molar-refractivity contribution in [2.75, 3.05) is 0 Å². The van der Waals surface area contributed by atoms with E-state index in [1.54, 1.807) is 22.9 Å². The number of primary amides is 1. The van der Waals surface area contributed by atoms with Gasteiger partial charge in [0, 0.05) is 12.1 Å². The minimum atomic E-state index is -0.503. The Labute approximate surface area is 111 Å². The molecule has 0 aliphatic heterocycles. The molecule has 2 N–H and O–H groups in total. The van der Waals surface area contributed by atoms with Crippen LogP contribution in [0.25, 0.3) is 11.3 Å². The van der Waals surface area contributed by atoms with Crippen molar-refractivity contribution in [1.29, 1.82) is 0 Å². The zero-order valence-corrected chi connectivity index (χ0v) is 10.8. The number of unbranched alkanes of at least 4 members (excludes halogenated alkanes) is 1. The number of aryl methyl sites for hydroxylation is 1. The van der Waals surface area contributed by atoms with Gasteiger partial charge in [-0.1, -0.05) is 13.3 Å². The van der Waals surface area contributed by atoms with Crippen molar-refractivity contribution in [3.8, 4) is 11.3 Å². The van der Waals surface area contributed by atoms with Crippen LogP contribution in [0.5, 0.6) is 0 Å². The predicted octanol–water partition coefficient (Wildman–Crippen LogP) is 2.59. The molecule has 0 atom stereocenters. The number of carbonyl (C=O) groups is 1. The molecule has 2 aromatic rings. The van der Waals surface area contributed by atoms with Gasteiger partial charge in [-0.3, -0.25) is 9.48 Å². The first-order valence-electron chi connectivity index (χ1n) is 6.25. The first-order chi connectivity index (χ1) is 9.11. The van der Waals surface area contributed by atoms with E-state index < -0.39 is 5.91 Å². The maximum Gasteiger partial charge on any atom is 0.266 e. The Morgan fingerprint density at radius 2 is 2.05 bits per heavy atom. The number of amides is 1. The predicted molar refractivity (Wildman–Crippen MR) is 71.0 cm³/mol. The van der Waals surface area contributed by atoms with Crippen molar-refractivity contribution < 1.29 is 9.18 Å². The average molecular weight is 261 g/mol. The summed E-state index contributed by atoms with van der Waals surface area (Å²) < 4.78 is 14.5. The van der Waals surface area contributed by atoms with Crippen LogP contribution in [0.3, 0.4) is 0 Å². The van der Waals surface area contributed by atoms with Gasteiger partial charge in [0.05, 0.1) is 5.69 Å². The minimum Gasteiger partial charge on any atom is -0.364 e. The number of rotatable bonds is 5. The highest BCUT2D eigenvalue weighted by molar-refractivity contribution is 5.92. The second-order valence-corrected chi connectivity index (χ2v) is 4.36. The van der Waals surface area contributed by atoms with Crippen molar-refractivity contribution in [3.05, 3.63) is 41.8 Å². The van der Waals surface area contributed by atoms with E-state index in [9.17, 15) is 9.18 Å². The Morgan fingerprint density at radius 1 is 1.37 bits per heavy atom. The van der Waals surface area contributed by atoms with Crippen LogP contribution in [0.15, 0.2) is 30.3 Å². The molecule has 1 aromatic heterocycles. The first-order valence-corrected chi connectivity index (χ1v) is 6.25. The lowest BCUT2D eigenvalue weighted by atomic mass is 10.1. The smallest absolute Gasteiger partial charge is 0.266 e. The lowest BCUT2D eigenvalue weighted by molar-refractivity contribution is 0.0989. The molecule has 0 spiro atoms. The van der Waals surface area contributed by atoms with Crippen molar-refractivity contribution in [2.45, 2.75) is 26.3 Å². The summed E-state index contributed by atoms with van der Waals surface area (Å²) >= 11 is 0. The van der Waals surface area contributed by atoms with E-state index in [-0.39, 0.29) is 5.82 Å². The molecular formula is C14H16FN3O. The normalized spacial score (nSPS) is 10.6. The van der Waals surface area contributed by atoms with Crippen LogP contribution in [0.4, 0.5) is 4.39 Å². The average Bonchev–Trinajstić information content (AvgIpc) is 2.81. The summed E-state index contributed by atoms with van der Waals surface area (Å²) in [6, 6.07) is 7.64. The van der Waals surface area contributed by atoms with Crippen LogP contribution < -0.4 is 5.73 Å². The molecule has 2 rings (SSSR count). The highest BCUT2D eigenvalue weighted by atomic mass is 19.1. The second kappa shape index (κ2) is 5.65. The number of nitrogens with two attached hydrogens (primary N) is 1. The first kappa shape index (κ1) is 13.3. The summed E-state index contributed by atoms with van der Waals surface area (Å²) in [5.41, 5.74) is 7.12. The Bertz CT molecular complexity index is 575. The molecule has 0 bridgehead atoms. The lowest BCUT2D eigenvalue weighted by Crippen LogP contribution is -2.17. The Kier molecular flexibility index (Phi) is 3.94. The fraction of sp³-hybridized carbons (Fsp3) is 0.286. The van der Waals surface area contributed by atoms with Crippen LogP contribution in [-0.2, 0) is 6.54 Å². The van der Waals surface area contributed by atoms with Crippen molar-refractivity contribution in [3.63, 3.8) is 0 Å². The van der Waals surface area contributed by atoms with Gasteiger partial charge >= 0.3 is 0 Å². The van der Waals surface area contributed by atoms with E-state index in [1.807, 2.05) is 0 Å². The monoisotopic (exact) mass is 261 g/mol. The highest BCUT2D eigenvalue weighted by Crippen LogP contribution is 2.19. The SMILES string of the molecule is CCCCn1nc(-c2ccc(F)cc2)cc1C(N)=O. The number of hydrogen-bond donors (Lipinski definition) is 1. The van der Waals surface area contributed by atoms with Gasteiger partial charge in [0.25, 0.3) is 5.91 Å². The molecule has 4 nitrogen and oxygen atoms in total. The van der Waals surface area contributed by atoms with Crippen molar-refractivity contribution in [2.24, 2.45) is 5.73 Å². The number of halogens is 1. The van der Waals surface area contributed by atoms with Gasteiger partial charge in [-0.25, -0.2) is 4.39 Å². The molecule has 5 heteroatoms. The summed E-state index contributed by atoms with van der Waals surface area (Å²) in [7, 11) is 0.